The molecule has 94 valence electrons. The minimum atomic E-state index is -0.558. The molecule has 0 atom stereocenters. The lowest BCUT2D eigenvalue weighted by Gasteiger charge is -2.20. The van der Waals surface area contributed by atoms with Crippen LogP contribution in [0.4, 0.5) is 8.78 Å². The van der Waals surface area contributed by atoms with Crippen LogP contribution in [0.5, 0.6) is 0 Å². The Labute approximate surface area is 105 Å². The monoisotopic (exact) mass is 258 g/mol. The second kappa shape index (κ2) is 6.61. The number of halogens is 2. The normalized spacial score (nSPS) is 10.8. The molecule has 0 radical (unpaired) electrons. The van der Waals surface area contributed by atoms with Crippen LogP contribution in [0.1, 0.15) is 18.9 Å². The van der Waals surface area contributed by atoms with Crippen LogP contribution < -0.4 is 5.73 Å². The summed E-state index contributed by atoms with van der Waals surface area (Å²) in [6.45, 7) is 3.86. The van der Waals surface area contributed by atoms with E-state index in [1.807, 2.05) is 11.8 Å². The number of hydrogen-bond acceptors (Lipinski definition) is 2. The standard InChI is InChI=1S/C12H16F2N2S/c1-2-16(6-5-12(15)17)8-9-3-4-10(13)7-11(9)14/h3-4,7H,2,5-6,8H2,1H3,(H2,15,17). The molecule has 1 aromatic carbocycles. The quantitative estimate of drug-likeness (QED) is 0.795. The molecule has 17 heavy (non-hydrogen) atoms. The van der Waals surface area contributed by atoms with Crippen molar-refractivity contribution in [2.24, 2.45) is 5.73 Å². The zero-order valence-corrected chi connectivity index (χ0v) is 10.6. The van der Waals surface area contributed by atoms with Gasteiger partial charge in [0.2, 0.25) is 0 Å². The van der Waals surface area contributed by atoms with Gasteiger partial charge in [0.15, 0.2) is 0 Å². The Hall–Kier alpha value is -1.07. The maximum absolute atomic E-state index is 13.4. The molecule has 1 rings (SSSR count). The van der Waals surface area contributed by atoms with Crippen molar-refractivity contribution < 1.29 is 8.78 Å². The fourth-order valence-electron chi connectivity index (χ4n) is 1.51. The second-order valence-corrected chi connectivity index (χ2v) is 4.35. The summed E-state index contributed by atoms with van der Waals surface area (Å²) < 4.78 is 26.2. The third-order valence-corrected chi connectivity index (χ3v) is 2.73. The van der Waals surface area contributed by atoms with E-state index in [0.29, 0.717) is 30.1 Å². The SMILES string of the molecule is CCN(CCC(N)=S)Cc1ccc(F)cc1F. The predicted molar refractivity (Wildman–Crippen MR) is 68.7 cm³/mol. The van der Waals surface area contributed by atoms with E-state index in [4.69, 9.17) is 18.0 Å². The molecule has 0 bridgehead atoms. The maximum atomic E-state index is 13.4. The highest BCUT2D eigenvalue weighted by atomic mass is 32.1. The molecule has 0 aromatic heterocycles. The lowest BCUT2D eigenvalue weighted by molar-refractivity contribution is 0.284. The van der Waals surface area contributed by atoms with Gasteiger partial charge in [-0.15, -0.1) is 0 Å². The fraction of sp³-hybridized carbons (Fsp3) is 0.417. The Morgan fingerprint density at radius 3 is 2.65 bits per heavy atom. The van der Waals surface area contributed by atoms with Crippen molar-refractivity contribution in [1.82, 2.24) is 4.90 Å². The number of thiocarbonyl (C=S) groups is 1. The van der Waals surface area contributed by atoms with Crippen LogP contribution in [0.15, 0.2) is 18.2 Å². The highest BCUT2D eigenvalue weighted by Gasteiger charge is 2.09. The number of nitrogens with zero attached hydrogens (tertiary/aromatic N) is 1. The van der Waals surface area contributed by atoms with Crippen LogP contribution in [0.25, 0.3) is 0 Å². The molecule has 0 amide bonds. The topological polar surface area (TPSA) is 29.3 Å². The van der Waals surface area contributed by atoms with Gasteiger partial charge in [-0.1, -0.05) is 25.2 Å². The first-order valence-corrected chi connectivity index (χ1v) is 5.88. The highest BCUT2D eigenvalue weighted by Crippen LogP contribution is 2.12. The van der Waals surface area contributed by atoms with Crippen molar-refractivity contribution in [2.75, 3.05) is 13.1 Å². The smallest absolute Gasteiger partial charge is 0.130 e. The molecule has 0 fully saturated rings. The van der Waals surface area contributed by atoms with Crippen molar-refractivity contribution in [3.63, 3.8) is 0 Å². The van der Waals surface area contributed by atoms with Crippen molar-refractivity contribution in [3.05, 3.63) is 35.4 Å². The van der Waals surface area contributed by atoms with Crippen LogP contribution in [-0.4, -0.2) is 23.0 Å². The van der Waals surface area contributed by atoms with Gasteiger partial charge < -0.3 is 5.73 Å². The van der Waals surface area contributed by atoms with Gasteiger partial charge >= 0.3 is 0 Å². The summed E-state index contributed by atoms with van der Waals surface area (Å²) in [7, 11) is 0. The fourth-order valence-corrected chi connectivity index (χ4v) is 1.60. The maximum Gasteiger partial charge on any atom is 0.130 e. The van der Waals surface area contributed by atoms with E-state index in [9.17, 15) is 8.78 Å². The van der Waals surface area contributed by atoms with Crippen LogP contribution >= 0.6 is 12.2 Å². The van der Waals surface area contributed by atoms with Gasteiger partial charge in [0.05, 0.1) is 4.99 Å². The molecule has 0 saturated heterocycles. The minimum Gasteiger partial charge on any atom is -0.393 e. The van der Waals surface area contributed by atoms with E-state index in [-0.39, 0.29) is 0 Å². The summed E-state index contributed by atoms with van der Waals surface area (Å²) >= 11 is 4.80. The summed E-state index contributed by atoms with van der Waals surface area (Å²) in [5.74, 6) is -1.07. The number of nitrogens with two attached hydrogens (primary N) is 1. The number of benzene rings is 1. The van der Waals surface area contributed by atoms with Gasteiger partial charge in [0, 0.05) is 31.1 Å². The number of hydrogen-bond donors (Lipinski definition) is 1. The van der Waals surface area contributed by atoms with Gasteiger partial charge in [-0.05, 0) is 12.6 Å². The van der Waals surface area contributed by atoms with Crippen molar-refractivity contribution in [3.8, 4) is 0 Å². The molecule has 0 aliphatic rings. The number of rotatable bonds is 6. The minimum absolute atomic E-state index is 0.436. The summed E-state index contributed by atoms with van der Waals surface area (Å²) in [5, 5.41) is 0. The summed E-state index contributed by atoms with van der Waals surface area (Å²) in [4.78, 5) is 2.46. The zero-order valence-electron chi connectivity index (χ0n) is 9.75. The molecule has 1 aromatic rings. The Morgan fingerprint density at radius 1 is 1.41 bits per heavy atom. The third kappa shape index (κ3) is 4.75. The zero-order chi connectivity index (χ0) is 12.8. The second-order valence-electron chi connectivity index (χ2n) is 3.82. The van der Waals surface area contributed by atoms with Gasteiger partial charge in [0.1, 0.15) is 11.6 Å². The molecule has 2 N–H and O–H groups in total. The van der Waals surface area contributed by atoms with Gasteiger partial charge in [-0.3, -0.25) is 4.90 Å². The first kappa shape index (κ1) is 14.0. The van der Waals surface area contributed by atoms with Crippen molar-refractivity contribution in [2.45, 2.75) is 19.9 Å². The molecule has 0 aliphatic carbocycles. The van der Waals surface area contributed by atoms with Gasteiger partial charge in [-0.2, -0.15) is 0 Å². The molecule has 0 heterocycles. The van der Waals surface area contributed by atoms with Crippen LogP contribution in [0.2, 0.25) is 0 Å². The Morgan fingerprint density at radius 2 is 2.12 bits per heavy atom. The van der Waals surface area contributed by atoms with E-state index >= 15 is 0 Å². The Bertz CT molecular complexity index is 396. The lowest BCUT2D eigenvalue weighted by Crippen LogP contribution is -2.27. The average Bonchev–Trinajstić information content (AvgIpc) is 2.26. The van der Waals surface area contributed by atoms with Crippen molar-refractivity contribution in [1.29, 1.82) is 0 Å². The first-order chi connectivity index (χ1) is 8.02. The van der Waals surface area contributed by atoms with E-state index in [0.717, 1.165) is 12.6 Å². The molecule has 0 spiro atoms. The largest absolute Gasteiger partial charge is 0.393 e. The molecule has 0 saturated carbocycles. The Kier molecular flexibility index (Phi) is 5.44. The van der Waals surface area contributed by atoms with E-state index in [1.165, 1.54) is 12.1 Å². The van der Waals surface area contributed by atoms with Gasteiger partial charge in [-0.25, -0.2) is 8.78 Å². The van der Waals surface area contributed by atoms with Crippen LogP contribution in [0, 0.1) is 11.6 Å². The first-order valence-electron chi connectivity index (χ1n) is 5.47. The van der Waals surface area contributed by atoms with Crippen LogP contribution in [0.3, 0.4) is 0 Å². The lowest BCUT2D eigenvalue weighted by atomic mass is 10.2. The summed E-state index contributed by atoms with van der Waals surface area (Å²) in [6, 6.07) is 3.63. The van der Waals surface area contributed by atoms with E-state index in [1.54, 1.807) is 0 Å². The van der Waals surface area contributed by atoms with E-state index in [2.05, 4.69) is 0 Å². The molecule has 5 heteroatoms. The molecule has 0 unspecified atom stereocenters. The summed E-state index contributed by atoms with van der Waals surface area (Å²) in [5.41, 5.74) is 5.90. The van der Waals surface area contributed by atoms with Crippen molar-refractivity contribution >= 4 is 17.2 Å². The molecular formula is C12H16F2N2S. The highest BCUT2D eigenvalue weighted by molar-refractivity contribution is 7.80. The van der Waals surface area contributed by atoms with E-state index < -0.39 is 11.6 Å². The molecule has 2 nitrogen and oxygen atoms in total. The molecular weight excluding hydrogens is 242 g/mol. The van der Waals surface area contributed by atoms with Gasteiger partial charge in [0.25, 0.3) is 0 Å². The Balaban J connectivity index is 2.63. The summed E-state index contributed by atoms with van der Waals surface area (Å²) in [6.07, 6.45) is 0.603. The van der Waals surface area contributed by atoms with Crippen LogP contribution in [-0.2, 0) is 6.54 Å². The third-order valence-electron chi connectivity index (χ3n) is 2.53. The molecule has 0 aliphatic heterocycles. The predicted octanol–water partition coefficient (Wildman–Crippen LogP) is 2.46. The average molecular weight is 258 g/mol.